The van der Waals surface area contributed by atoms with Crippen molar-refractivity contribution in [3.05, 3.63) is 83.1 Å². The molecule has 0 radical (unpaired) electrons. The molecule has 0 spiro atoms. The molecule has 1 aromatic carbocycles. The van der Waals surface area contributed by atoms with E-state index in [2.05, 4.69) is 20.3 Å². The molecule has 0 amide bonds. The van der Waals surface area contributed by atoms with Crippen molar-refractivity contribution in [3.8, 4) is 10.6 Å². The summed E-state index contributed by atoms with van der Waals surface area (Å²) in [5.41, 5.74) is 2.27. The van der Waals surface area contributed by atoms with E-state index in [1.165, 1.54) is 0 Å². The van der Waals surface area contributed by atoms with Gasteiger partial charge in [0.2, 0.25) is 0 Å². The Morgan fingerprint density at radius 3 is 2.70 bits per heavy atom. The number of carboxylic acids is 1. The Morgan fingerprint density at radius 1 is 1.10 bits per heavy atom. The van der Waals surface area contributed by atoms with Crippen molar-refractivity contribution < 1.29 is 9.90 Å². The molecule has 0 atom stereocenters. The van der Waals surface area contributed by atoms with Gasteiger partial charge < -0.3 is 10.4 Å². The number of aryl methyl sites for hydroxylation is 1. The van der Waals surface area contributed by atoms with E-state index in [1.807, 2.05) is 55.6 Å². The Labute approximate surface area is 182 Å². The second-order valence-corrected chi connectivity index (χ2v) is 8.65. The molecule has 30 heavy (non-hydrogen) atoms. The number of nitrogens with one attached hydrogen (secondary N) is 1. The van der Waals surface area contributed by atoms with Gasteiger partial charge in [-0.05, 0) is 61.0 Å². The zero-order chi connectivity index (χ0) is 20.9. The van der Waals surface area contributed by atoms with Crippen LogP contribution in [0.4, 0.5) is 11.6 Å². The van der Waals surface area contributed by atoms with Gasteiger partial charge in [0.25, 0.3) is 0 Å². The van der Waals surface area contributed by atoms with Gasteiger partial charge in [0, 0.05) is 17.3 Å². The molecule has 0 fully saturated rings. The quantitative estimate of drug-likeness (QED) is 0.364. The third-order valence-electron chi connectivity index (χ3n) is 4.19. The van der Waals surface area contributed by atoms with E-state index in [4.69, 9.17) is 5.11 Å². The first kappa shape index (κ1) is 20.1. The minimum absolute atomic E-state index is 0.288. The number of carboxylic acid groups (broad SMARTS) is 1. The van der Waals surface area contributed by atoms with Crippen LogP contribution in [0.25, 0.3) is 10.6 Å². The van der Waals surface area contributed by atoms with Crippen molar-refractivity contribution in [2.75, 3.05) is 5.32 Å². The van der Waals surface area contributed by atoms with Gasteiger partial charge in [-0.3, -0.25) is 0 Å². The van der Waals surface area contributed by atoms with E-state index >= 15 is 0 Å². The fourth-order valence-electron chi connectivity index (χ4n) is 2.71. The molecule has 3 heterocycles. The maximum absolute atomic E-state index is 10.9. The molecule has 0 aliphatic heterocycles. The molecule has 150 valence electrons. The van der Waals surface area contributed by atoms with Crippen molar-refractivity contribution in [3.63, 3.8) is 0 Å². The minimum Gasteiger partial charge on any atom is -0.478 e. The van der Waals surface area contributed by atoms with Gasteiger partial charge in [-0.1, -0.05) is 6.07 Å². The van der Waals surface area contributed by atoms with Crippen LogP contribution >= 0.6 is 23.1 Å². The minimum atomic E-state index is -0.918. The van der Waals surface area contributed by atoms with E-state index in [1.54, 1.807) is 41.4 Å². The number of thiazole rings is 1. The van der Waals surface area contributed by atoms with Gasteiger partial charge in [-0.15, -0.1) is 23.1 Å². The fraction of sp³-hybridized carbons (Fsp3) is 0.0909. The molecule has 0 bridgehead atoms. The van der Waals surface area contributed by atoms with E-state index in [-0.39, 0.29) is 5.56 Å². The highest BCUT2D eigenvalue weighted by Gasteiger charge is 2.09. The lowest BCUT2D eigenvalue weighted by Gasteiger charge is -2.06. The van der Waals surface area contributed by atoms with Crippen molar-refractivity contribution >= 4 is 40.7 Å². The molecule has 0 aliphatic rings. The Balaban J connectivity index is 1.42. The highest BCUT2D eigenvalue weighted by molar-refractivity contribution is 7.98. The van der Waals surface area contributed by atoms with Crippen LogP contribution < -0.4 is 5.32 Å². The van der Waals surface area contributed by atoms with Crippen LogP contribution in [-0.2, 0) is 5.75 Å². The maximum Gasteiger partial charge on any atom is 0.335 e. The highest BCUT2D eigenvalue weighted by atomic mass is 32.2. The topological polar surface area (TPSA) is 88.0 Å². The lowest BCUT2D eigenvalue weighted by atomic mass is 10.2. The predicted molar refractivity (Wildman–Crippen MR) is 121 cm³/mol. The summed E-state index contributed by atoms with van der Waals surface area (Å²) in [5.74, 6) is 1.28. The lowest BCUT2D eigenvalue weighted by molar-refractivity contribution is 0.0697. The SMILES string of the molecule is Cc1ccnc(Nc2cccc(-c3cnc(CSc4ccc(C(=O)O)cc4)s3)n2)c1. The molecule has 3 aromatic heterocycles. The molecular weight excluding hydrogens is 416 g/mol. The monoisotopic (exact) mass is 434 g/mol. The molecule has 8 heteroatoms. The number of pyridine rings is 2. The molecular formula is C22H18N4O2S2. The number of thioether (sulfide) groups is 1. The van der Waals surface area contributed by atoms with Gasteiger partial charge in [-0.2, -0.15) is 0 Å². The Bertz CT molecular complexity index is 1180. The first-order chi connectivity index (χ1) is 14.6. The summed E-state index contributed by atoms with van der Waals surface area (Å²) >= 11 is 3.22. The van der Waals surface area contributed by atoms with E-state index in [0.29, 0.717) is 5.75 Å². The average Bonchev–Trinajstić information content (AvgIpc) is 3.22. The van der Waals surface area contributed by atoms with Crippen molar-refractivity contribution in [1.29, 1.82) is 0 Å². The number of benzene rings is 1. The van der Waals surface area contributed by atoms with Crippen molar-refractivity contribution in [1.82, 2.24) is 15.0 Å². The summed E-state index contributed by atoms with van der Waals surface area (Å²) in [4.78, 5) is 26.4. The molecule has 0 aliphatic carbocycles. The van der Waals surface area contributed by atoms with Crippen LogP contribution in [0.3, 0.4) is 0 Å². The first-order valence-electron chi connectivity index (χ1n) is 9.15. The third-order valence-corrected chi connectivity index (χ3v) is 6.42. The van der Waals surface area contributed by atoms with Crippen LogP contribution in [-0.4, -0.2) is 26.0 Å². The smallest absolute Gasteiger partial charge is 0.335 e. The number of aromatic carboxylic acids is 1. The molecule has 0 unspecified atom stereocenters. The van der Waals surface area contributed by atoms with E-state index in [0.717, 1.165) is 37.7 Å². The zero-order valence-electron chi connectivity index (χ0n) is 16.1. The Hall–Kier alpha value is -3.23. The predicted octanol–water partition coefficient (Wildman–Crippen LogP) is 5.64. The normalized spacial score (nSPS) is 10.7. The average molecular weight is 435 g/mol. The van der Waals surface area contributed by atoms with Gasteiger partial charge in [0.15, 0.2) is 0 Å². The first-order valence-corrected chi connectivity index (χ1v) is 10.9. The summed E-state index contributed by atoms with van der Waals surface area (Å²) in [6.45, 7) is 2.02. The molecule has 6 nitrogen and oxygen atoms in total. The second kappa shape index (κ2) is 9.06. The summed E-state index contributed by atoms with van der Waals surface area (Å²) in [7, 11) is 0. The van der Waals surface area contributed by atoms with Gasteiger partial charge in [-0.25, -0.2) is 19.7 Å². The summed E-state index contributed by atoms with van der Waals surface area (Å²) < 4.78 is 0. The number of hydrogen-bond acceptors (Lipinski definition) is 7. The standard InChI is InChI=1S/C22H18N4O2S2/c1-14-9-10-23-20(11-14)26-19-4-2-3-17(25-19)18-12-24-21(30-18)13-29-16-7-5-15(6-8-16)22(27)28/h2-12H,13H2,1H3,(H,27,28)(H,23,25,26). The van der Waals surface area contributed by atoms with Crippen molar-refractivity contribution in [2.24, 2.45) is 0 Å². The lowest BCUT2D eigenvalue weighted by Crippen LogP contribution is -1.96. The molecule has 4 aromatic rings. The molecule has 0 saturated carbocycles. The van der Waals surface area contributed by atoms with Gasteiger partial charge in [0.05, 0.1) is 21.9 Å². The summed E-state index contributed by atoms with van der Waals surface area (Å²) in [6.07, 6.45) is 3.61. The van der Waals surface area contributed by atoms with E-state index in [9.17, 15) is 4.79 Å². The number of carbonyl (C=O) groups is 1. The largest absolute Gasteiger partial charge is 0.478 e. The van der Waals surface area contributed by atoms with E-state index < -0.39 is 5.97 Å². The summed E-state index contributed by atoms with van der Waals surface area (Å²) in [5, 5.41) is 13.2. The Kier molecular flexibility index (Phi) is 6.06. The van der Waals surface area contributed by atoms with Crippen LogP contribution in [0.2, 0.25) is 0 Å². The van der Waals surface area contributed by atoms with Gasteiger partial charge >= 0.3 is 5.97 Å². The number of anilines is 2. The maximum atomic E-state index is 10.9. The fourth-order valence-corrected chi connectivity index (χ4v) is 4.50. The third kappa shape index (κ3) is 5.03. The number of aromatic nitrogens is 3. The zero-order valence-corrected chi connectivity index (χ0v) is 17.7. The van der Waals surface area contributed by atoms with Crippen LogP contribution in [0.1, 0.15) is 20.9 Å². The Morgan fingerprint density at radius 2 is 1.93 bits per heavy atom. The van der Waals surface area contributed by atoms with Crippen molar-refractivity contribution in [2.45, 2.75) is 17.6 Å². The number of rotatable bonds is 7. The van der Waals surface area contributed by atoms with Gasteiger partial charge in [0.1, 0.15) is 16.6 Å². The summed E-state index contributed by atoms with van der Waals surface area (Å²) in [6, 6.07) is 16.6. The van der Waals surface area contributed by atoms with Crippen LogP contribution in [0.15, 0.2) is 71.9 Å². The molecule has 0 saturated heterocycles. The number of nitrogens with zero attached hydrogens (tertiary/aromatic N) is 3. The number of hydrogen-bond donors (Lipinski definition) is 2. The molecule has 2 N–H and O–H groups in total. The second-order valence-electron chi connectivity index (χ2n) is 6.49. The van der Waals surface area contributed by atoms with Crippen LogP contribution in [0.5, 0.6) is 0 Å². The molecule has 4 rings (SSSR count). The highest BCUT2D eigenvalue weighted by Crippen LogP contribution is 2.30. The van der Waals surface area contributed by atoms with Crippen LogP contribution in [0, 0.1) is 6.92 Å².